The molecule has 1 aromatic heterocycles. The molecular formula is C11H13N3. The Morgan fingerprint density at radius 2 is 2.14 bits per heavy atom. The maximum Gasteiger partial charge on any atom is 0.0669 e. The van der Waals surface area contributed by atoms with Crippen LogP contribution in [0.2, 0.25) is 0 Å². The molecule has 1 aromatic carbocycles. The molecule has 3 N–H and O–H groups in total. The van der Waals surface area contributed by atoms with Gasteiger partial charge in [-0.3, -0.25) is 5.10 Å². The summed E-state index contributed by atoms with van der Waals surface area (Å²) in [7, 11) is 0. The molecule has 0 spiro atoms. The second kappa shape index (κ2) is 3.54. The van der Waals surface area contributed by atoms with Crippen LogP contribution >= 0.6 is 0 Å². The number of nitrogens with one attached hydrogen (secondary N) is 1. The van der Waals surface area contributed by atoms with E-state index >= 15 is 0 Å². The monoisotopic (exact) mass is 187 g/mol. The Bertz CT molecular complexity index is 432. The fourth-order valence-corrected chi connectivity index (χ4v) is 1.46. The van der Waals surface area contributed by atoms with Crippen molar-refractivity contribution in [2.24, 2.45) is 0 Å². The predicted molar refractivity (Wildman–Crippen MR) is 57.0 cm³/mol. The van der Waals surface area contributed by atoms with Gasteiger partial charge in [0.05, 0.1) is 5.69 Å². The van der Waals surface area contributed by atoms with Crippen molar-refractivity contribution in [1.29, 1.82) is 0 Å². The predicted octanol–water partition coefficient (Wildman–Crippen LogP) is 1.89. The smallest absolute Gasteiger partial charge is 0.0669 e. The topological polar surface area (TPSA) is 54.7 Å². The Balaban J connectivity index is 2.23. The average Bonchev–Trinajstić information content (AvgIpc) is 2.56. The highest BCUT2D eigenvalue weighted by molar-refractivity contribution is 5.47. The van der Waals surface area contributed by atoms with Crippen LogP contribution in [-0.2, 0) is 6.42 Å². The van der Waals surface area contributed by atoms with Gasteiger partial charge in [-0.2, -0.15) is 5.10 Å². The standard InChI is InChI=1S/C11H13N3/c1-8-6-10(14-13-8)7-9-4-2-3-5-11(9)12/h2-6H,7,12H2,1H3,(H,13,14). The molecule has 0 saturated heterocycles. The van der Waals surface area contributed by atoms with Crippen LogP contribution in [0.4, 0.5) is 5.69 Å². The van der Waals surface area contributed by atoms with Crippen molar-refractivity contribution in [2.45, 2.75) is 13.3 Å². The fourth-order valence-electron chi connectivity index (χ4n) is 1.46. The summed E-state index contributed by atoms with van der Waals surface area (Å²) in [6.07, 6.45) is 0.789. The number of para-hydroxylation sites is 1. The minimum absolute atomic E-state index is 0.789. The summed E-state index contributed by atoms with van der Waals surface area (Å²) in [4.78, 5) is 0. The number of aromatic nitrogens is 2. The summed E-state index contributed by atoms with van der Waals surface area (Å²) >= 11 is 0. The average molecular weight is 187 g/mol. The number of aromatic amines is 1. The van der Waals surface area contributed by atoms with E-state index in [2.05, 4.69) is 10.2 Å². The van der Waals surface area contributed by atoms with Crippen molar-refractivity contribution in [2.75, 3.05) is 5.73 Å². The van der Waals surface area contributed by atoms with Crippen LogP contribution in [0.25, 0.3) is 0 Å². The molecule has 0 saturated carbocycles. The molecule has 0 unspecified atom stereocenters. The van der Waals surface area contributed by atoms with E-state index in [1.807, 2.05) is 37.3 Å². The molecule has 2 rings (SSSR count). The second-order valence-corrected chi connectivity index (χ2v) is 3.42. The van der Waals surface area contributed by atoms with Gasteiger partial charge in [-0.25, -0.2) is 0 Å². The Kier molecular flexibility index (Phi) is 2.23. The van der Waals surface area contributed by atoms with E-state index in [-0.39, 0.29) is 0 Å². The Labute approximate surface area is 83.0 Å². The number of anilines is 1. The number of aryl methyl sites for hydroxylation is 1. The molecule has 0 aliphatic heterocycles. The molecule has 72 valence electrons. The van der Waals surface area contributed by atoms with Gasteiger partial charge in [0.25, 0.3) is 0 Å². The minimum Gasteiger partial charge on any atom is -0.398 e. The first-order valence-corrected chi connectivity index (χ1v) is 4.60. The van der Waals surface area contributed by atoms with Gasteiger partial charge in [0, 0.05) is 17.8 Å². The highest BCUT2D eigenvalue weighted by Crippen LogP contribution is 2.14. The van der Waals surface area contributed by atoms with Crippen molar-refractivity contribution in [3.63, 3.8) is 0 Å². The third kappa shape index (κ3) is 1.76. The molecule has 0 fully saturated rings. The Morgan fingerprint density at radius 1 is 1.36 bits per heavy atom. The van der Waals surface area contributed by atoms with E-state index in [1.165, 1.54) is 0 Å². The van der Waals surface area contributed by atoms with Crippen molar-refractivity contribution < 1.29 is 0 Å². The summed E-state index contributed by atoms with van der Waals surface area (Å²) in [5.41, 5.74) is 9.89. The van der Waals surface area contributed by atoms with Crippen LogP contribution in [-0.4, -0.2) is 10.2 Å². The Hall–Kier alpha value is -1.77. The molecule has 0 radical (unpaired) electrons. The van der Waals surface area contributed by atoms with E-state index in [0.29, 0.717) is 0 Å². The fraction of sp³-hybridized carbons (Fsp3) is 0.182. The molecule has 0 aliphatic carbocycles. The van der Waals surface area contributed by atoms with Crippen LogP contribution in [0, 0.1) is 6.92 Å². The van der Waals surface area contributed by atoms with Crippen LogP contribution in [0.3, 0.4) is 0 Å². The number of H-pyrrole nitrogens is 1. The first-order valence-electron chi connectivity index (χ1n) is 4.60. The SMILES string of the molecule is Cc1cc(Cc2ccccc2N)n[nH]1. The van der Waals surface area contributed by atoms with Gasteiger partial charge in [-0.05, 0) is 24.6 Å². The lowest BCUT2D eigenvalue weighted by Crippen LogP contribution is -1.95. The number of nitrogens with zero attached hydrogens (tertiary/aromatic N) is 1. The van der Waals surface area contributed by atoms with E-state index in [0.717, 1.165) is 29.1 Å². The molecule has 2 aromatic rings. The largest absolute Gasteiger partial charge is 0.398 e. The van der Waals surface area contributed by atoms with E-state index < -0.39 is 0 Å². The van der Waals surface area contributed by atoms with Gasteiger partial charge in [0.15, 0.2) is 0 Å². The maximum absolute atomic E-state index is 5.84. The number of nitrogens with two attached hydrogens (primary N) is 1. The quantitative estimate of drug-likeness (QED) is 0.705. The highest BCUT2D eigenvalue weighted by atomic mass is 15.1. The van der Waals surface area contributed by atoms with Crippen molar-refractivity contribution in [1.82, 2.24) is 10.2 Å². The zero-order chi connectivity index (χ0) is 9.97. The molecule has 14 heavy (non-hydrogen) atoms. The lowest BCUT2D eigenvalue weighted by Gasteiger charge is -2.01. The summed E-state index contributed by atoms with van der Waals surface area (Å²) in [6.45, 7) is 1.99. The van der Waals surface area contributed by atoms with Gasteiger partial charge in [0.2, 0.25) is 0 Å². The summed E-state index contributed by atoms with van der Waals surface area (Å²) < 4.78 is 0. The van der Waals surface area contributed by atoms with E-state index in [1.54, 1.807) is 0 Å². The third-order valence-electron chi connectivity index (χ3n) is 2.19. The molecule has 0 atom stereocenters. The summed E-state index contributed by atoms with van der Waals surface area (Å²) in [5, 5.41) is 7.09. The first-order chi connectivity index (χ1) is 6.75. The molecule has 0 aliphatic rings. The number of rotatable bonds is 2. The second-order valence-electron chi connectivity index (χ2n) is 3.42. The molecule has 0 amide bonds. The normalized spacial score (nSPS) is 10.4. The maximum atomic E-state index is 5.84. The van der Waals surface area contributed by atoms with Gasteiger partial charge < -0.3 is 5.73 Å². The van der Waals surface area contributed by atoms with Crippen LogP contribution in [0.1, 0.15) is 17.0 Å². The molecular weight excluding hydrogens is 174 g/mol. The lowest BCUT2D eigenvalue weighted by atomic mass is 10.1. The van der Waals surface area contributed by atoms with Crippen LogP contribution < -0.4 is 5.73 Å². The van der Waals surface area contributed by atoms with E-state index in [9.17, 15) is 0 Å². The van der Waals surface area contributed by atoms with Crippen molar-refractivity contribution >= 4 is 5.69 Å². The number of hydrogen-bond donors (Lipinski definition) is 2. The summed E-state index contributed by atoms with van der Waals surface area (Å²) in [6, 6.07) is 9.90. The molecule has 1 heterocycles. The zero-order valence-electron chi connectivity index (χ0n) is 8.12. The minimum atomic E-state index is 0.789. The zero-order valence-corrected chi connectivity index (χ0v) is 8.12. The third-order valence-corrected chi connectivity index (χ3v) is 2.19. The highest BCUT2D eigenvalue weighted by Gasteiger charge is 2.02. The van der Waals surface area contributed by atoms with Crippen molar-refractivity contribution in [3.8, 4) is 0 Å². The lowest BCUT2D eigenvalue weighted by molar-refractivity contribution is 0.981. The van der Waals surface area contributed by atoms with Crippen LogP contribution in [0.5, 0.6) is 0 Å². The number of nitrogen functional groups attached to an aromatic ring is 1. The molecule has 3 nitrogen and oxygen atoms in total. The van der Waals surface area contributed by atoms with Gasteiger partial charge in [0.1, 0.15) is 0 Å². The van der Waals surface area contributed by atoms with Crippen molar-refractivity contribution in [3.05, 3.63) is 47.3 Å². The number of benzene rings is 1. The van der Waals surface area contributed by atoms with E-state index in [4.69, 9.17) is 5.73 Å². The van der Waals surface area contributed by atoms with Gasteiger partial charge >= 0.3 is 0 Å². The summed E-state index contributed by atoms with van der Waals surface area (Å²) in [5.74, 6) is 0. The first kappa shape index (κ1) is 8.81. The van der Waals surface area contributed by atoms with Gasteiger partial charge in [-0.15, -0.1) is 0 Å². The molecule has 3 heteroatoms. The molecule has 0 bridgehead atoms. The van der Waals surface area contributed by atoms with Crippen LogP contribution in [0.15, 0.2) is 30.3 Å². The number of hydrogen-bond acceptors (Lipinski definition) is 2. The Morgan fingerprint density at radius 3 is 2.79 bits per heavy atom. The van der Waals surface area contributed by atoms with Gasteiger partial charge in [-0.1, -0.05) is 18.2 Å².